The van der Waals surface area contributed by atoms with Crippen molar-refractivity contribution in [3.05, 3.63) is 36.2 Å². The van der Waals surface area contributed by atoms with E-state index in [1.54, 1.807) is 0 Å². The van der Waals surface area contributed by atoms with E-state index in [0.717, 1.165) is 12.4 Å². The summed E-state index contributed by atoms with van der Waals surface area (Å²) < 4.78 is 108. The Morgan fingerprint density at radius 1 is 1.08 bits per heavy atom. The van der Waals surface area contributed by atoms with Crippen molar-refractivity contribution in [1.29, 1.82) is 0 Å². The largest absolute Gasteiger partial charge is 0.419 e. The van der Waals surface area contributed by atoms with E-state index in [0.29, 0.717) is 29.5 Å². The quantitative estimate of drug-likeness (QED) is 0.332. The van der Waals surface area contributed by atoms with Gasteiger partial charge in [0.05, 0.1) is 24.0 Å². The minimum atomic E-state index is -4.87. The van der Waals surface area contributed by atoms with Gasteiger partial charge in [-0.15, -0.1) is 11.6 Å². The van der Waals surface area contributed by atoms with Gasteiger partial charge < -0.3 is 9.88 Å². The Morgan fingerprint density at radius 3 is 2.34 bits per heavy atom. The van der Waals surface area contributed by atoms with Gasteiger partial charge in [0.25, 0.3) is 10.0 Å². The summed E-state index contributed by atoms with van der Waals surface area (Å²) in [5.74, 6) is 0.244. The van der Waals surface area contributed by atoms with Gasteiger partial charge in [0.1, 0.15) is 17.9 Å². The fourth-order valence-electron chi connectivity index (χ4n) is 3.98. The summed E-state index contributed by atoms with van der Waals surface area (Å²) >= 11 is 5.76. The number of halogens is 7. The van der Waals surface area contributed by atoms with E-state index >= 15 is 0 Å². The SMILES string of the molecule is Cn1c(S(=O)(=O)N2CCC(Nc3ncc(C(F)(F)F)c(-c4cnn(CC(F)(F)F)c4)n3)CC2)cnc1CCl. The fraction of sp³-hybridized carbons (Fsp3) is 0.500. The number of aromatic nitrogens is 6. The van der Waals surface area contributed by atoms with Crippen LogP contribution in [0, 0.1) is 0 Å². The molecule has 0 aromatic carbocycles. The molecule has 1 aliphatic rings. The van der Waals surface area contributed by atoms with Gasteiger partial charge in [-0.2, -0.15) is 35.7 Å². The first kappa shape index (κ1) is 28.1. The van der Waals surface area contributed by atoms with Gasteiger partial charge in [0.15, 0.2) is 5.03 Å². The summed E-state index contributed by atoms with van der Waals surface area (Å²) in [5.41, 5.74) is -2.13. The second-order valence-corrected chi connectivity index (χ2v) is 10.7. The van der Waals surface area contributed by atoms with Gasteiger partial charge in [-0.05, 0) is 12.8 Å². The molecule has 1 aliphatic heterocycles. The summed E-state index contributed by atoms with van der Waals surface area (Å²) in [6.45, 7) is -1.25. The number of sulfonamides is 1. The molecule has 0 atom stereocenters. The van der Waals surface area contributed by atoms with Crippen LogP contribution in [0.15, 0.2) is 29.8 Å². The van der Waals surface area contributed by atoms with Crippen LogP contribution in [0.5, 0.6) is 0 Å². The maximum atomic E-state index is 13.6. The van der Waals surface area contributed by atoms with Crippen LogP contribution in [0.3, 0.4) is 0 Å². The smallest absolute Gasteiger partial charge is 0.351 e. The molecule has 1 N–H and O–H groups in total. The van der Waals surface area contributed by atoms with Crippen molar-refractivity contribution in [2.45, 2.75) is 48.7 Å². The monoisotopic (exact) mass is 586 g/mol. The predicted octanol–water partition coefficient (Wildman–Crippen LogP) is 3.66. The number of nitrogens with one attached hydrogen (secondary N) is 1. The van der Waals surface area contributed by atoms with Crippen molar-refractivity contribution in [3.8, 4) is 11.3 Å². The van der Waals surface area contributed by atoms with E-state index in [2.05, 4.69) is 25.4 Å². The Morgan fingerprint density at radius 2 is 1.76 bits per heavy atom. The molecular weight excluding hydrogens is 566 g/mol. The first-order valence-corrected chi connectivity index (χ1v) is 13.0. The summed E-state index contributed by atoms with van der Waals surface area (Å²) in [6, 6.07) is -0.371. The average molecular weight is 587 g/mol. The van der Waals surface area contributed by atoms with Gasteiger partial charge in [-0.3, -0.25) is 4.68 Å². The number of nitrogens with zero attached hydrogens (tertiary/aromatic N) is 7. The Kier molecular flexibility index (Phi) is 7.64. The predicted molar refractivity (Wildman–Crippen MR) is 122 cm³/mol. The van der Waals surface area contributed by atoms with Crippen LogP contribution in [0.2, 0.25) is 0 Å². The van der Waals surface area contributed by atoms with Crippen LogP contribution in [0.1, 0.15) is 24.2 Å². The highest BCUT2D eigenvalue weighted by Crippen LogP contribution is 2.36. The van der Waals surface area contributed by atoms with Crippen LogP contribution in [0.4, 0.5) is 32.3 Å². The van der Waals surface area contributed by atoms with Gasteiger partial charge in [0.2, 0.25) is 5.95 Å². The van der Waals surface area contributed by atoms with E-state index in [1.807, 2.05) is 0 Å². The highest BCUT2D eigenvalue weighted by molar-refractivity contribution is 7.89. The molecule has 18 heteroatoms. The molecule has 4 heterocycles. The van der Waals surface area contributed by atoms with Crippen molar-refractivity contribution < 1.29 is 34.8 Å². The third-order valence-electron chi connectivity index (χ3n) is 5.89. The Labute approximate surface area is 217 Å². The number of rotatable bonds is 7. The van der Waals surface area contributed by atoms with Crippen molar-refractivity contribution in [1.82, 2.24) is 33.6 Å². The van der Waals surface area contributed by atoms with Crippen LogP contribution in [-0.2, 0) is 35.7 Å². The highest BCUT2D eigenvalue weighted by Gasteiger charge is 2.37. The van der Waals surface area contributed by atoms with Crippen LogP contribution in [0.25, 0.3) is 11.3 Å². The zero-order chi connectivity index (χ0) is 27.9. The number of imidazole rings is 1. The van der Waals surface area contributed by atoms with Crippen molar-refractivity contribution >= 4 is 27.6 Å². The summed E-state index contributed by atoms with van der Waals surface area (Å²) in [5, 5.41) is 6.37. The van der Waals surface area contributed by atoms with E-state index in [-0.39, 0.29) is 41.5 Å². The molecular formula is C20H21ClF6N8O2S. The fourth-order valence-corrected chi connectivity index (χ4v) is 5.83. The minimum absolute atomic E-state index is 0.0126. The number of piperidine rings is 1. The average Bonchev–Trinajstić information content (AvgIpc) is 3.44. The lowest BCUT2D eigenvalue weighted by Gasteiger charge is -2.31. The molecule has 4 rings (SSSR count). The lowest BCUT2D eigenvalue weighted by Crippen LogP contribution is -2.43. The van der Waals surface area contributed by atoms with Gasteiger partial charge in [-0.25, -0.2) is 23.4 Å². The molecule has 3 aromatic heterocycles. The molecule has 3 aromatic rings. The van der Waals surface area contributed by atoms with Crippen LogP contribution in [-0.4, -0.2) is 67.3 Å². The van der Waals surface area contributed by atoms with Gasteiger partial charge in [-0.1, -0.05) is 0 Å². The molecule has 1 saturated heterocycles. The molecule has 38 heavy (non-hydrogen) atoms. The minimum Gasteiger partial charge on any atom is -0.351 e. The topological polar surface area (TPSA) is 111 Å². The van der Waals surface area contributed by atoms with Crippen LogP contribution >= 0.6 is 11.6 Å². The molecule has 208 valence electrons. The molecule has 0 bridgehead atoms. The molecule has 0 aliphatic carbocycles. The van der Waals surface area contributed by atoms with E-state index < -0.39 is 40.2 Å². The molecule has 0 radical (unpaired) electrons. The Balaban J connectivity index is 1.50. The number of hydrogen-bond acceptors (Lipinski definition) is 7. The maximum Gasteiger partial charge on any atom is 0.419 e. The Hall–Kier alpha value is -2.92. The number of anilines is 1. The molecule has 1 fully saturated rings. The zero-order valence-corrected chi connectivity index (χ0v) is 21.2. The van der Waals surface area contributed by atoms with E-state index in [9.17, 15) is 34.8 Å². The zero-order valence-electron chi connectivity index (χ0n) is 19.6. The highest BCUT2D eigenvalue weighted by atomic mass is 35.5. The second-order valence-electron chi connectivity index (χ2n) is 8.52. The van der Waals surface area contributed by atoms with Gasteiger partial charge in [0, 0.05) is 44.1 Å². The Bertz CT molecular complexity index is 1400. The first-order chi connectivity index (χ1) is 17.7. The van der Waals surface area contributed by atoms with E-state index in [1.165, 1.54) is 22.1 Å². The summed E-state index contributed by atoms with van der Waals surface area (Å²) in [4.78, 5) is 11.6. The summed E-state index contributed by atoms with van der Waals surface area (Å²) in [7, 11) is -2.31. The van der Waals surface area contributed by atoms with Crippen molar-refractivity contribution in [2.24, 2.45) is 7.05 Å². The number of hydrogen-bond donors (Lipinski definition) is 1. The van der Waals surface area contributed by atoms with Gasteiger partial charge >= 0.3 is 12.4 Å². The lowest BCUT2D eigenvalue weighted by molar-refractivity contribution is -0.142. The second kappa shape index (κ2) is 10.3. The third kappa shape index (κ3) is 6.04. The lowest BCUT2D eigenvalue weighted by atomic mass is 10.1. The van der Waals surface area contributed by atoms with Crippen molar-refractivity contribution in [2.75, 3.05) is 18.4 Å². The normalized spacial score (nSPS) is 16.2. The van der Waals surface area contributed by atoms with Crippen molar-refractivity contribution in [3.63, 3.8) is 0 Å². The standard InChI is InChI=1S/C20H21ClF6N8O2S/c1-33-15(6-21)28-9-16(33)38(36,37)35-4-2-13(3-5-35)31-18-29-8-14(20(25,26)27)17(32-18)12-7-30-34(10-12)11-19(22,23)24/h7-10,13H,2-6,11H2,1H3,(H,29,31,32). The maximum absolute atomic E-state index is 13.6. The van der Waals surface area contributed by atoms with Crippen LogP contribution < -0.4 is 5.32 Å². The molecule has 0 saturated carbocycles. The molecule has 0 unspecified atom stereocenters. The molecule has 0 amide bonds. The molecule has 10 nitrogen and oxygen atoms in total. The first-order valence-electron chi connectivity index (χ1n) is 11.1. The molecule has 0 spiro atoms. The number of alkyl halides is 7. The van der Waals surface area contributed by atoms with E-state index in [4.69, 9.17) is 11.6 Å². The third-order valence-corrected chi connectivity index (χ3v) is 8.09. The summed E-state index contributed by atoms with van der Waals surface area (Å²) in [6.07, 6.45) is -5.43.